The van der Waals surface area contributed by atoms with Crippen LogP contribution in [0, 0.1) is 0 Å². The summed E-state index contributed by atoms with van der Waals surface area (Å²) in [5, 5.41) is 0. The molecule has 7 heteroatoms. The zero-order chi connectivity index (χ0) is 44.2. The molecule has 0 aliphatic rings. The second-order valence-electron chi connectivity index (χ2n) is 18.4. The lowest BCUT2D eigenvalue weighted by molar-refractivity contribution is -0.288. The van der Waals surface area contributed by atoms with Gasteiger partial charge < -0.3 is 4.74 Å². The molecule has 0 spiro atoms. The van der Waals surface area contributed by atoms with Crippen molar-refractivity contribution in [2.45, 2.75) is 176 Å². The molecule has 4 aromatic carbocycles. The largest absolute Gasteiger partial charge is 0.457 e. The molecule has 0 aliphatic carbocycles. The van der Waals surface area contributed by atoms with Crippen LogP contribution in [0.3, 0.4) is 0 Å². The third kappa shape index (κ3) is 10.5. The van der Waals surface area contributed by atoms with Gasteiger partial charge in [0.1, 0.15) is 11.5 Å². The van der Waals surface area contributed by atoms with Crippen LogP contribution in [0.1, 0.15) is 214 Å². The topological polar surface area (TPSA) is 9.23 Å². The van der Waals surface area contributed by atoms with Crippen molar-refractivity contribution in [3.63, 3.8) is 0 Å². The Morgan fingerprint density at radius 3 is 0.759 bits per heavy atom. The van der Waals surface area contributed by atoms with Crippen molar-refractivity contribution in [2.24, 2.45) is 0 Å². The molecule has 0 atom stereocenters. The van der Waals surface area contributed by atoms with Crippen molar-refractivity contribution in [3.8, 4) is 11.5 Å². The van der Waals surface area contributed by atoms with Crippen LogP contribution in [0.2, 0.25) is 0 Å². The molecule has 0 aromatic heterocycles. The fraction of sp³-hybridized carbons (Fsp3) is 0.529. The van der Waals surface area contributed by atoms with Crippen molar-refractivity contribution in [1.29, 1.82) is 0 Å². The van der Waals surface area contributed by atoms with Gasteiger partial charge in [-0.15, -0.1) is 0 Å². The number of rotatable bonds is 12. The number of alkyl halides is 6. The van der Waals surface area contributed by atoms with Crippen LogP contribution in [0.5, 0.6) is 11.5 Å². The van der Waals surface area contributed by atoms with E-state index in [1.807, 2.05) is 27.7 Å². The second kappa shape index (κ2) is 19.1. The molecule has 0 aliphatic heterocycles. The van der Waals surface area contributed by atoms with Gasteiger partial charge in [-0.1, -0.05) is 159 Å². The zero-order valence-electron chi connectivity index (χ0n) is 37.7. The molecule has 0 saturated carbocycles. The van der Waals surface area contributed by atoms with Crippen molar-refractivity contribution >= 4 is 0 Å². The van der Waals surface area contributed by atoms with Crippen LogP contribution in [0.15, 0.2) is 72.8 Å². The minimum absolute atomic E-state index is 0.0273. The van der Waals surface area contributed by atoms with Crippen LogP contribution in [-0.4, -0.2) is 12.4 Å². The van der Waals surface area contributed by atoms with E-state index in [2.05, 4.69) is 91.8 Å². The van der Waals surface area contributed by atoms with Gasteiger partial charge in [0.25, 0.3) is 0 Å². The molecule has 0 unspecified atom stereocenters. The van der Waals surface area contributed by atoms with Gasteiger partial charge in [-0.3, -0.25) is 0 Å². The average molecular weight is 811 g/mol. The van der Waals surface area contributed by atoms with Gasteiger partial charge in [0.15, 0.2) is 0 Å². The summed E-state index contributed by atoms with van der Waals surface area (Å²) in [6.07, 6.45) is -11.2. The molecular weight excluding hydrogens is 743 g/mol. The highest BCUT2D eigenvalue weighted by atomic mass is 19.4. The van der Waals surface area contributed by atoms with Crippen molar-refractivity contribution in [2.75, 3.05) is 0 Å². The first-order valence-corrected chi connectivity index (χ1v) is 21.0. The number of halogens is 6. The number of benzene rings is 4. The standard InChI is InChI=1S/C27H34F6.C24H34O/c1-15(2)21-11-9-19(13-23(21)17(5)6)25(26(28,29)30,27(31,32)33)20-10-12-22(16(3)4)24(14-20)18(7)8;1-15(2)21-11-9-19(13-23(21)17(5)6)25-20-10-12-22(16(3)4)24(14-20)18(7)8/h9-18H,1-8H3;9-18H,1-8H3. The van der Waals surface area contributed by atoms with E-state index in [1.165, 1.54) is 34.4 Å². The lowest BCUT2D eigenvalue weighted by Crippen LogP contribution is -2.55. The van der Waals surface area contributed by atoms with E-state index in [0.717, 1.165) is 46.9 Å². The molecule has 0 fully saturated rings. The Morgan fingerprint density at radius 2 is 0.534 bits per heavy atom. The summed E-state index contributed by atoms with van der Waals surface area (Å²) in [6, 6.07) is 20.2. The first-order chi connectivity index (χ1) is 26.7. The molecule has 0 bridgehead atoms. The molecule has 58 heavy (non-hydrogen) atoms. The molecule has 320 valence electrons. The SMILES string of the molecule is CC(C)c1ccc(C(c2ccc(C(C)C)c(C(C)C)c2)(C(F)(F)F)C(F)(F)F)cc1C(C)C.CC(C)c1ccc(Oc2ccc(C(C)C)c(C(C)C)c2)cc1C(C)C. The fourth-order valence-electron chi connectivity index (χ4n) is 8.07. The summed E-state index contributed by atoms with van der Waals surface area (Å²) in [5.74, 6) is 3.41. The average Bonchev–Trinajstić information content (AvgIpc) is 3.10. The summed E-state index contributed by atoms with van der Waals surface area (Å²) in [5.41, 5.74) is 2.41. The minimum atomic E-state index is -5.59. The summed E-state index contributed by atoms with van der Waals surface area (Å²) < 4.78 is 94.5. The third-order valence-corrected chi connectivity index (χ3v) is 11.2. The van der Waals surface area contributed by atoms with Crippen LogP contribution in [0.25, 0.3) is 0 Å². The van der Waals surface area contributed by atoms with Crippen LogP contribution in [-0.2, 0) is 5.41 Å². The van der Waals surface area contributed by atoms with Crippen molar-refractivity contribution < 1.29 is 31.1 Å². The Labute approximate surface area is 346 Å². The summed E-state index contributed by atoms with van der Waals surface area (Å²) >= 11 is 0. The summed E-state index contributed by atoms with van der Waals surface area (Å²) in [7, 11) is 0. The molecule has 0 saturated heterocycles. The van der Waals surface area contributed by atoms with Gasteiger partial charge >= 0.3 is 12.4 Å². The second-order valence-corrected chi connectivity index (χ2v) is 18.4. The lowest BCUT2D eigenvalue weighted by atomic mass is 9.70. The number of hydrogen-bond donors (Lipinski definition) is 0. The number of hydrogen-bond acceptors (Lipinski definition) is 1. The molecule has 0 heterocycles. The van der Waals surface area contributed by atoms with Gasteiger partial charge in [-0.05, 0) is 127 Å². The minimum Gasteiger partial charge on any atom is -0.457 e. The molecule has 1 nitrogen and oxygen atoms in total. The Kier molecular flexibility index (Phi) is 16.0. The Hall–Kier alpha value is -3.74. The molecule has 0 N–H and O–H groups in total. The van der Waals surface area contributed by atoms with Gasteiger partial charge in [0, 0.05) is 0 Å². The molecule has 0 radical (unpaired) electrons. The molecule has 4 aromatic rings. The quantitative estimate of drug-likeness (QED) is 0.130. The number of ether oxygens (including phenoxy) is 1. The Balaban J connectivity index is 0.000000322. The Bertz CT molecular complexity index is 1820. The third-order valence-electron chi connectivity index (χ3n) is 11.2. The molecule has 0 amide bonds. The predicted molar refractivity (Wildman–Crippen MR) is 231 cm³/mol. The van der Waals surface area contributed by atoms with Gasteiger partial charge in [-0.2, -0.15) is 26.3 Å². The van der Waals surface area contributed by atoms with Crippen LogP contribution >= 0.6 is 0 Å². The highest BCUT2D eigenvalue weighted by Crippen LogP contribution is 2.57. The zero-order valence-corrected chi connectivity index (χ0v) is 37.7. The van der Waals surface area contributed by atoms with Crippen LogP contribution < -0.4 is 4.74 Å². The van der Waals surface area contributed by atoms with E-state index in [9.17, 15) is 26.3 Å². The first-order valence-electron chi connectivity index (χ1n) is 21.0. The highest BCUT2D eigenvalue weighted by Gasteiger charge is 2.72. The van der Waals surface area contributed by atoms with E-state index in [0.29, 0.717) is 34.8 Å². The van der Waals surface area contributed by atoms with E-state index in [1.54, 1.807) is 27.7 Å². The maximum Gasteiger partial charge on any atom is 0.411 e. The van der Waals surface area contributed by atoms with Gasteiger partial charge in [0.2, 0.25) is 5.41 Å². The van der Waals surface area contributed by atoms with E-state index < -0.39 is 28.9 Å². The monoisotopic (exact) mass is 811 g/mol. The smallest absolute Gasteiger partial charge is 0.411 e. The Morgan fingerprint density at radius 1 is 0.310 bits per heavy atom. The maximum absolute atomic E-state index is 14.7. The van der Waals surface area contributed by atoms with Crippen LogP contribution in [0.4, 0.5) is 26.3 Å². The maximum atomic E-state index is 14.7. The first kappa shape index (κ1) is 48.6. The fourth-order valence-corrected chi connectivity index (χ4v) is 8.07. The van der Waals surface area contributed by atoms with Crippen molar-refractivity contribution in [3.05, 3.63) is 128 Å². The predicted octanol–water partition coefficient (Wildman–Crippen LogP) is 17.6. The van der Waals surface area contributed by atoms with E-state index in [-0.39, 0.29) is 23.7 Å². The molecule has 4 rings (SSSR count). The van der Waals surface area contributed by atoms with Gasteiger partial charge in [0.05, 0.1) is 0 Å². The van der Waals surface area contributed by atoms with Gasteiger partial charge in [-0.25, -0.2) is 0 Å². The van der Waals surface area contributed by atoms with Crippen molar-refractivity contribution in [1.82, 2.24) is 0 Å². The normalized spacial score (nSPS) is 12.9. The molecular formula is C51H68F6O. The summed E-state index contributed by atoms with van der Waals surface area (Å²) in [6.45, 7) is 32.6. The highest BCUT2D eigenvalue weighted by molar-refractivity contribution is 5.51. The van der Waals surface area contributed by atoms with E-state index in [4.69, 9.17) is 4.74 Å². The lowest BCUT2D eigenvalue weighted by Gasteiger charge is -2.39. The summed E-state index contributed by atoms with van der Waals surface area (Å²) in [4.78, 5) is 0. The van der Waals surface area contributed by atoms with E-state index >= 15 is 0 Å².